The van der Waals surface area contributed by atoms with E-state index in [0.717, 1.165) is 6.07 Å². The zero-order valence-corrected chi connectivity index (χ0v) is 12.9. The summed E-state index contributed by atoms with van der Waals surface area (Å²) in [5.74, 6) is -1.32. The van der Waals surface area contributed by atoms with Crippen LogP contribution in [-0.4, -0.2) is 16.1 Å². The first-order valence-electron chi connectivity index (χ1n) is 6.83. The van der Waals surface area contributed by atoms with Gasteiger partial charge in [-0.25, -0.2) is 9.78 Å². The van der Waals surface area contributed by atoms with Crippen LogP contribution in [-0.2, 0) is 6.18 Å². The molecule has 7 heteroatoms. The van der Waals surface area contributed by atoms with Crippen molar-refractivity contribution in [3.8, 4) is 21.7 Å². The molecule has 0 aliphatic carbocycles. The number of carboxylic acids is 1. The molecule has 0 atom stereocenters. The average molecular weight is 349 g/mol. The molecule has 0 unspecified atom stereocenters. The molecular formula is C17H10F3NO2S. The first-order valence-corrected chi connectivity index (χ1v) is 7.70. The number of rotatable bonds is 3. The third kappa shape index (κ3) is 3.03. The molecule has 3 nitrogen and oxygen atoms in total. The van der Waals surface area contributed by atoms with E-state index in [1.807, 2.05) is 0 Å². The SMILES string of the molecule is O=C(O)c1c(-c2cccs2)cc(C(F)(F)F)nc1-c1ccccc1. The van der Waals surface area contributed by atoms with Gasteiger partial charge in [-0.1, -0.05) is 36.4 Å². The molecule has 0 saturated carbocycles. The highest BCUT2D eigenvalue weighted by atomic mass is 32.1. The normalized spacial score (nSPS) is 11.5. The van der Waals surface area contributed by atoms with Crippen LogP contribution in [0.2, 0.25) is 0 Å². The van der Waals surface area contributed by atoms with Gasteiger partial charge in [0.05, 0.1) is 11.3 Å². The van der Waals surface area contributed by atoms with Crippen LogP contribution in [0.3, 0.4) is 0 Å². The number of carbonyl (C=O) groups is 1. The monoisotopic (exact) mass is 349 g/mol. The van der Waals surface area contributed by atoms with E-state index >= 15 is 0 Å². The molecule has 0 aliphatic rings. The quantitative estimate of drug-likeness (QED) is 0.707. The Balaban J connectivity index is 2.38. The summed E-state index contributed by atoms with van der Waals surface area (Å²) >= 11 is 1.17. The van der Waals surface area contributed by atoms with Crippen molar-refractivity contribution in [2.45, 2.75) is 6.18 Å². The maximum absolute atomic E-state index is 13.2. The van der Waals surface area contributed by atoms with Crippen LogP contribution in [0.4, 0.5) is 13.2 Å². The van der Waals surface area contributed by atoms with Gasteiger partial charge in [0.25, 0.3) is 0 Å². The average Bonchev–Trinajstić information content (AvgIpc) is 3.07. The highest BCUT2D eigenvalue weighted by molar-refractivity contribution is 7.13. The number of aromatic nitrogens is 1. The second-order valence-corrected chi connectivity index (χ2v) is 5.87. The highest BCUT2D eigenvalue weighted by Gasteiger charge is 2.35. The minimum Gasteiger partial charge on any atom is -0.478 e. The molecule has 24 heavy (non-hydrogen) atoms. The third-order valence-electron chi connectivity index (χ3n) is 3.36. The molecule has 0 saturated heterocycles. The third-order valence-corrected chi connectivity index (χ3v) is 4.26. The Hall–Kier alpha value is -2.67. The van der Waals surface area contributed by atoms with Gasteiger partial charge in [-0.2, -0.15) is 13.2 Å². The van der Waals surface area contributed by atoms with Crippen molar-refractivity contribution in [3.05, 3.63) is 65.2 Å². The lowest BCUT2D eigenvalue weighted by molar-refractivity contribution is -0.141. The van der Waals surface area contributed by atoms with E-state index in [1.165, 1.54) is 23.5 Å². The Morgan fingerprint density at radius 3 is 2.33 bits per heavy atom. The van der Waals surface area contributed by atoms with Crippen LogP contribution in [0.5, 0.6) is 0 Å². The zero-order valence-electron chi connectivity index (χ0n) is 12.0. The van der Waals surface area contributed by atoms with Gasteiger partial charge in [-0.05, 0) is 17.5 Å². The molecule has 1 aromatic carbocycles. The number of halogens is 3. The van der Waals surface area contributed by atoms with Crippen LogP contribution < -0.4 is 0 Å². The number of nitrogens with zero attached hydrogens (tertiary/aromatic N) is 1. The summed E-state index contributed by atoms with van der Waals surface area (Å²) in [6.45, 7) is 0. The van der Waals surface area contributed by atoms with Crippen LogP contribution in [0.15, 0.2) is 53.9 Å². The molecule has 3 aromatic rings. The number of aromatic carboxylic acids is 1. The predicted molar refractivity (Wildman–Crippen MR) is 84.9 cm³/mol. The van der Waals surface area contributed by atoms with E-state index in [9.17, 15) is 23.1 Å². The number of alkyl halides is 3. The van der Waals surface area contributed by atoms with Crippen molar-refractivity contribution >= 4 is 17.3 Å². The topological polar surface area (TPSA) is 50.2 Å². The van der Waals surface area contributed by atoms with Gasteiger partial charge >= 0.3 is 12.1 Å². The van der Waals surface area contributed by atoms with E-state index in [4.69, 9.17) is 0 Å². The molecule has 0 aliphatic heterocycles. The second-order valence-electron chi connectivity index (χ2n) is 4.92. The molecule has 1 N–H and O–H groups in total. The molecule has 0 spiro atoms. The summed E-state index contributed by atoms with van der Waals surface area (Å²) in [7, 11) is 0. The minimum atomic E-state index is -4.67. The Kier molecular flexibility index (Phi) is 4.11. The first kappa shape index (κ1) is 16.2. The lowest BCUT2D eigenvalue weighted by atomic mass is 9.98. The number of pyridine rings is 1. The van der Waals surface area contributed by atoms with Crippen molar-refractivity contribution < 1.29 is 23.1 Å². The molecule has 122 valence electrons. The Morgan fingerprint density at radius 2 is 1.79 bits per heavy atom. The largest absolute Gasteiger partial charge is 0.478 e. The van der Waals surface area contributed by atoms with Crippen molar-refractivity contribution in [2.24, 2.45) is 0 Å². The predicted octanol–water partition coefficient (Wildman–Crippen LogP) is 5.19. The highest BCUT2D eigenvalue weighted by Crippen LogP contribution is 2.38. The van der Waals surface area contributed by atoms with E-state index in [0.29, 0.717) is 10.4 Å². The summed E-state index contributed by atoms with van der Waals surface area (Å²) < 4.78 is 39.7. The number of hydrogen-bond donors (Lipinski definition) is 1. The molecule has 2 heterocycles. The van der Waals surface area contributed by atoms with Gasteiger partial charge in [0.2, 0.25) is 0 Å². The second kappa shape index (κ2) is 6.09. The number of benzene rings is 1. The standard InChI is InChI=1S/C17H10F3NO2S/c18-17(19,20)13-9-11(12-7-4-8-24-12)14(16(22)23)15(21-13)10-5-2-1-3-6-10/h1-9H,(H,22,23). The van der Waals surface area contributed by atoms with Gasteiger partial charge in [-0.15, -0.1) is 11.3 Å². The van der Waals surface area contributed by atoms with Crippen molar-refractivity contribution in [2.75, 3.05) is 0 Å². The summed E-state index contributed by atoms with van der Waals surface area (Å²) in [5.41, 5.74) is -1.22. The molecular weight excluding hydrogens is 339 g/mol. The van der Waals surface area contributed by atoms with Gasteiger partial charge in [0.1, 0.15) is 5.69 Å². The fraction of sp³-hybridized carbons (Fsp3) is 0.0588. The van der Waals surface area contributed by atoms with Crippen LogP contribution in [0, 0.1) is 0 Å². The van der Waals surface area contributed by atoms with Gasteiger partial charge < -0.3 is 5.11 Å². The van der Waals surface area contributed by atoms with Gasteiger partial charge in [-0.3, -0.25) is 0 Å². The lowest BCUT2D eigenvalue weighted by Crippen LogP contribution is -2.13. The fourth-order valence-electron chi connectivity index (χ4n) is 2.34. The van der Waals surface area contributed by atoms with E-state index in [-0.39, 0.29) is 16.8 Å². The minimum absolute atomic E-state index is 0.0127. The Labute approximate surface area is 139 Å². The van der Waals surface area contributed by atoms with E-state index < -0.39 is 17.8 Å². The van der Waals surface area contributed by atoms with Crippen molar-refractivity contribution in [1.82, 2.24) is 4.98 Å². The molecule has 2 aromatic heterocycles. The smallest absolute Gasteiger partial charge is 0.433 e. The fourth-order valence-corrected chi connectivity index (χ4v) is 3.09. The van der Waals surface area contributed by atoms with Crippen molar-refractivity contribution in [1.29, 1.82) is 0 Å². The van der Waals surface area contributed by atoms with Gasteiger partial charge in [0, 0.05) is 16.0 Å². The van der Waals surface area contributed by atoms with Crippen LogP contribution >= 0.6 is 11.3 Å². The summed E-state index contributed by atoms with van der Waals surface area (Å²) in [6.07, 6.45) is -4.67. The molecule has 3 rings (SSSR count). The lowest BCUT2D eigenvalue weighted by Gasteiger charge is -2.14. The molecule has 0 amide bonds. The van der Waals surface area contributed by atoms with Crippen LogP contribution in [0.1, 0.15) is 16.1 Å². The number of carboxylic acid groups (broad SMARTS) is 1. The molecule has 0 radical (unpaired) electrons. The number of hydrogen-bond acceptors (Lipinski definition) is 3. The summed E-state index contributed by atoms with van der Waals surface area (Å²) in [6, 6.07) is 12.0. The molecule has 0 bridgehead atoms. The van der Waals surface area contributed by atoms with E-state index in [2.05, 4.69) is 4.98 Å². The first-order chi connectivity index (χ1) is 11.4. The van der Waals surface area contributed by atoms with Crippen LogP contribution in [0.25, 0.3) is 21.7 Å². The van der Waals surface area contributed by atoms with Gasteiger partial charge in [0.15, 0.2) is 0 Å². The number of thiophene rings is 1. The molecule has 0 fully saturated rings. The van der Waals surface area contributed by atoms with E-state index in [1.54, 1.807) is 35.7 Å². The maximum Gasteiger partial charge on any atom is 0.433 e. The Morgan fingerprint density at radius 1 is 1.08 bits per heavy atom. The maximum atomic E-state index is 13.2. The Bertz CT molecular complexity index is 875. The summed E-state index contributed by atoms with van der Waals surface area (Å²) in [4.78, 5) is 15.8. The van der Waals surface area contributed by atoms with Crippen molar-refractivity contribution in [3.63, 3.8) is 0 Å². The zero-order chi connectivity index (χ0) is 17.3. The summed E-state index contributed by atoms with van der Waals surface area (Å²) in [5, 5.41) is 11.3.